The summed E-state index contributed by atoms with van der Waals surface area (Å²) >= 11 is 0. The van der Waals surface area contributed by atoms with E-state index in [0.717, 1.165) is 19.3 Å². The molecule has 0 spiro atoms. The van der Waals surface area contributed by atoms with Crippen LogP contribution in [0.1, 0.15) is 112 Å². The molecule has 1 rings (SSSR count). The highest BCUT2D eigenvalue weighted by Gasteiger charge is 2.44. The zero-order valence-corrected chi connectivity index (χ0v) is 23.2. The fraction of sp³-hybridized carbons (Fsp3) is 1.00. The standard InChI is InChI=1S/C24H50O5SSi/c1-8-9-10-11-12-13-14-15-16-17-18-22-23(29-30(25,26)28-22)19-20-27-31(6,7)24(4,5)21(2)3/h21-23H,8-20H2,1-7H3/t22-,23+/m0/s1. The van der Waals surface area contributed by atoms with Gasteiger partial charge in [0.15, 0.2) is 8.32 Å². The summed E-state index contributed by atoms with van der Waals surface area (Å²) < 4.78 is 40.6. The van der Waals surface area contributed by atoms with Gasteiger partial charge in [0, 0.05) is 6.61 Å². The summed E-state index contributed by atoms with van der Waals surface area (Å²) in [5.74, 6) is 0.532. The van der Waals surface area contributed by atoms with Crippen molar-refractivity contribution in [2.75, 3.05) is 6.61 Å². The third-order valence-corrected chi connectivity index (χ3v) is 13.2. The average Bonchev–Trinajstić information content (AvgIpc) is 2.96. The number of unbranched alkanes of at least 4 members (excludes halogenated alkanes) is 9. The maximum atomic E-state index is 11.9. The SMILES string of the molecule is CCCCCCCCCCCC[C@@H]1OS(=O)(=O)O[C@@H]1CCO[Si](C)(C)C(C)(C)C(C)C. The van der Waals surface area contributed by atoms with Crippen LogP contribution in [0.3, 0.4) is 0 Å². The summed E-state index contributed by atoms with van der Waals surface area (Å²) in [5.41, 5.74) is 0. The fourth-order valence-corrected chi connectivity index (χ4v) is 7.54. The summed E-state index contributed by atoms with van der Waals surface area (Å²) in [5, 5.41) is 0.140. The van der Waals surface area contributed by atoms with E-state index >= 15 is 0 Å². The second-order valence-corrected chi connectivity index (χ2v) is 16.5. The van der Waals surface area contributed by atoms with E-state index in [1.54, 1.807) is 0 Å². The quantitative estimate of drug-likeness (QED) is 0.161. The minimum atomic E-state index is -3.86. The average molecular weight is 479 g/mol. The van der Waals surface area contributed by atoms with Gasteiger partial charge in [0.05, 0.1) is 0 Å². The van der Waals surface area contributed by atoms with E-state index in [2.05, 4.69) is 47.7 Å². The predicted molar refractivity (Wildman–Crippen MR) is 132 cm³/mol. The van der Waals surface area contributed by atoms with Crippen molar-refractivity contribution in [2.24, 2.45) is 5.92 Å². The normalized spacial score (nSPS) is 21.8. The smallest absolute Gasteiger partial charge is 0.400 e. The number of rotatable bonds is 17. The molecule has 1 fully saturated rings. The van der Waals surface area contributed by atoms with Gasteiger partial charge in [-0.2, -0.15) is 8.42 Å². The molecule has 31 heavy (non-hydrogen) atoms. The minimum absolute atomic E-state index is 0.140. The molecule has 1 saturated heterocycles. The van der Waals surface area contributed by atoms with Gasteiger partial charge in [-0.05, 0) is 36.9 Å². The highest BCUT2D eigenvalue weighted by molar-refractivity contribution is 7.82. The maximum Gasteiger partial charge on any atom is 0.400 e. The van der Waals surface area contributed by atoms with E-state index in [-0.39, 0.29) is 11.1 Å². The third kappa shape index (κ3) is 10.2. The fourth-order valence-electron chi connectivity index (χ4n) is 4.06. The lowest BCUT2D eigenvalue weighted by molar-refractivity contribution is 0.115. The molecule has 0 amide bonds. The van der Waals surface area contributed by atoms with Crippen LogP contribution in [0.4, 0.5) is 0 Å². The molecule has 1 aliphatic heterocycles. The molecule has 0 aromatic carbocycles. The maximum absolute atomic E-state index is 11.9. The van der Waals surface area contributed by atoms with Crippen molar-refractivity contribution in [2.45, 2.75) is 142 Å². The Hall–Kier alpha value is 0.0469. The highest BCUT2D eigenvalue weighted by Crippen LogP contribution is 2.44. The van der Waals surface area contributed by atoms with E-state index < -0.39 is 24.8 Å². The van der Waals surface area contributed by atoms with E-state index in [1.807, 2.05) is 0 Å². The van der Waals surface area contributed by atoms with Crippen LogP contribution in [0.2, 0.25) is 18.1 Å². The van der Waals surface area contributed by atoms with Crippen molar-refractivity contribution >= 4 is 18.7 Å². The first-order valence-electron chi connectivity index (χ1n) is 12.7. The van der Waals surface area contributed by atoms with Crippen molar-refractivity contribution in [3.05, 3.63) is 0 Å². The number of hydrogen-bond donors (Lipinski definition) is 0. The molecule has 0 unspecified atom stereocenters. The van der Waals surface area contributed by atoms with Crippen LogP contribution in [0.25, 0.3) is 0 Å². The summed E-state index contributed by atoms with van der Waals surface area (Å²) in [7, 11) is -5.78. The molecule has 0 saturated carbocycles. The van der Waals surface area contributed by atoms with Gasteiger partial charge in [-0.25, -0.2) is 8.37 Å². The molecule has 0 radical (unpaired) electrons. The molecule has 7 heteroatoms. The van der Waals surface area contributed by atoms with E-state index in [0.29, 0.717) is 18.9 Å². The zero-order chi connectivity index (χ0) is 23.5. The van der Waals surface area contributed by atoms with Crippen molar-refractivity contribution in [1.29, 1.82) is 0 Å². The second kappa shape index (κ2) is 13.7. The Morgan fingerprint density at radius 2 is 1.29 bits per heavy atom. The molecule has 1 heterocycles. The van der Waals surface area contributed by atoms with Crippen molar-refractivity contribution in [3.63, 3.8) is 0 Å². The molecule has 0 bridgehead atoms. The van der Waals surface area contributed by atoms with Crippen LogP contribution in [0, 0.1) is 5.92 Å². The lowest BCUT2D eigenvalue weighted by atomic mass is 9.99. The van der Waals surface area contributed by atoms with Gasteiger partial charge < -0.3 is 4.43 Å². The molecule has 0 N–H and O–H groups in total. The van der Waals surface area contributed by atoms with Crippen LogP contribution in [0.5, 0.6) is 0 Å². The lowest BCUT2D eigenvalue weighted by Crippen LogP contribution is -2.45. The van der Waals surface area contributed by atoms with Crippen LogP contribution in [-0.2, 0) is 23.2 Å². The van der Waals surface area contributed by atoms with E-state index in [9.17, 15) is 8.42 Å². The molecular formula is C24H50O5SSi. The second-order valence-electron chi connectivity index (χ2n) is 10.7. The Morgan fingerprint density at radius 1 is 0.839 bits per heavy atom. The van der Waals surface area contributed by atoms with Crippen LogP contribution >= 0.6 is 0 Å². The Morgan fingerprint density at radius 3 is 1.77 bits per heavy atom. The van der Waals surface area contributed by atoms with Crippen molar-refractivity contribution < 1.29 is 21.2 Å². The molecule has 0 aromatic heterocycles. The monoisotopic (exact) mass is 478 g/mol. The zero-order valence-electron chi connectivity index (χ0n) is 21.4. The summed E-state index contributed by atoms with van der Waals surface area (Å²) in [6.45, 7) is 16.3. The topological polar surface area (TPSA) is 61.8 Å². The molecular weight excluding hydrogens is 428 g/mol. The summed E-state index contributed by atoms with van der Waals surface area (Å²) in [4.78, 5) is 0. The summed E-state index contributed by atoms with van der Waals surface area (Å²) in [6, 6.07) is 0. The van der Waals surface area contributed by atoms with E-state index in [1.165, 1.54) is 51.4 Å². The third-order valence-electron chi connectivity index (χ3n) is 7.60. The van der Waals surface area contributed by atoms with Gasteiger partial charge in [0.2, 0.25) is 0 Å². The van der Waals surface area contributed by atoms with Crippen molar-refractivity contribution in [1.82, 2.24) is 0 Å². The first-order valence-corrected chi connectivity index (χ1v) is 16.9. The Kier molecular flexibility index (Phi) is 12.8. The first-order chi connectivity index (χ1) is 14.4. The van der Waals surface area contributed by atoms with Gasteiger partial charge in [-0.1, -0.05) is 98.8 Å². The number of hydrogen-bond acceptors (Lipinski definition) is 5. The van der Waals surface area contributed by atoms with Gasteiger partial charge in [0.1, 0.15) is 12.2 Å². The van der Waals surface area contributed by atoms with Gasteiger partial charge in [0.25, 0.3) is 0 Å². The van der Waals surface area contributed by atoms with Gasteiger partial charge >= 0.3 is 10.4 Å². The van der Waals surface area contributed by atoms with Crippen LogP contribution in [0.15, 0.2) is 0 Å². The molecule has 0 aromatic rings. The largest absolute Gasteiger partial charge is 0.417 e. The van der Waals surface area contributed by atoms with Crippen molar-refractivity contribution in [3.8, 4) is 0 Å². The van der Waals surface area contributed by atoms with E-state index in [4.69, 9.17) is 12.8 Å². The Labute approximate surface area is 194 Å². The molecule has 5 nitrogen and oxygen atoms in total. The van der Waals surface area contributed by atoms with Crippen LogP contribution in [-0.4, -0.2) is 35.6 Å². The lowest BCUT2D eigenvalue weighted by Gasteiger charge is -2.42. The van der Waals surface area contributed by atoms with Crippen LogP contribution < -0.4 is 0 Å². The Balaban J connectivity index is 2.33. The minimum Gasteiger partial charge on any atom is -0.417 e. The molecule has 0 aliphatic carbocycles. The molecule has 2 atom stereocenters. The highest BCUT2D eigenvalue weighted by atomic mass is 32.3. The molecule has 186 valence electrons. The van der Waals surface area contributed by atoms with Gasteiger partial charge in [-0.3, -0.25) is 0 Å². The molecule has 1 aliphatic rings. The Bertz CT molecular complexity index is 589. The first kappa shape index (κ1) is 29.1. The summed E-state index contributed by atoms with van der Waals surface area (Å²) in [6.07, 6.45) is 13.1. The predicted octanol–water partition coefficient (Wildman–Crippen LogP) is 7.37. The van der Waals surface area contributed by atoms with Gasteiger partial charge in [-0.15, -0.1) is 0 Å².